The van der Waals surface area contributed by atoms with Crippen molar-refractivity contribution in [3.05, 3.63) is 17.0 Å². The van der Waals surface area contributed by atoms with Gasteiger partial charge in [-0.15, -0.1) is 11.3 Å². The molecule has 1 atom stereocenters. The average Bonchev–Trinajstić information content (AvgIpc) is 3.02. The lowest BCUT2D eigenvalue weighted by molar-refractivity contribution is 0.395. The Morgan fingerprint density at radius 3 is 2.71 bits per heavy atom. The maximum Gasteiger partial charge on any atom is 0.252 e. The molecular formula is C12H20N2O4S3. The third kappa shape index (κ3) is 3.84. The summed E-state index contributed by atoms with van der Waals surface area (Å²) in [5.41, 5.74) is 0. The van der Waals surface area contributed by atoms with Crippen LogP contribution in [0, 0.1) is 0 Å². The van der Waals surface area contributed by atoms with E-state index in [4.69, 9.17) is 0 Å². The Bertz CT molecular complexity index is 694. The number of hydrogen-bond donors (Lipinski definition) is 1. The lowest BCUT2D eigenvalue weighted by atomic mass is 10.3. The van der Waals surface area contributed by atoms with Gasteiger partial charge in [-0.3, -0.25) is 0 Å². The van der Waals surface area contributed by atoms with Gasteiger partial charge in [-0.25, -0.2) is 16.8 Å². The molecule has 0 bridgehead atoms. The van der Waals surface area contributed by atoms with Crippen molar-refractivity contribution in [1.29, 1.82) is 0 Å². The normalized spacial score (nSPS) is 22.0. The van der Waals surface area contributed by atoms with E-state index in [-0.39, 0.29) is 15.7 Å². The molecule has 1 aliphatic rings. The third-order valence-electron chi connectivity index (χ3n) is 3.61. The van der Waals surface area contributed by atoms with Gasteiger partial charge in [-0.2, -0.15) is 4.31 Å². The second-order valence-corrected chi connectivity index (χ2v) is 10.8. The van der Waals surface area contributed by atoms with E-state index >= 15 is 0 Å². The van der Waals surface area contributed by atoms with Crippen LogP contribution in [0.4, 0.5) is 0 Å². The first-order valence-electron chi connectivity index (χ1n) is 6.68. The monoisotopic (exact) mass is 352 g/mol. The number of nitrogens with zero attached hydrogens (tertiary/aromatic N) is 1. The molecule has 120 valence electrons. The van der Waals surface area contributed by atoms with Crippen molar-refractivity contribution in [1.82, 2.24) is 9.62 Å². The highest BCUT2D eigenvalue weighted by molar-refractivity contribution is 7.92. The fourth-order valence-corrected chi connectivity index (χ4v) is 7.07. The predicted molar refractivity (Wildman–Crippen MR) is 84.0 cm³/mol. The highest BCUT2D eigenvalue weighted by Gasteiger charge is 2.36. The van der Waals surface area contributed by atoms with E-state index in [1.807, 2.05) is 13.1 Å². The number of nitrogens with one attached hydrogen (secondary N) is 1. The Morgan fingerprint density at radius 1 is 1.43 bits per heavy atom. The molecule has 1 fully saturated rings. The summed E-state index contributed by atoms with van der Waals surface area (Å²) in [4.78, 5) is 0.996. The quantitative estimate of drug-likeness (QED) is 0.797. The molecule has 1 aromatic heterocycles. The molecular weight excluding hydrogens is 332 g/mol. The summed E-state index contributed by atoms with van der Waals surface area (Å²) < 4.78 is 49.6. The Hall–Kier alpha value is -0.480. The maximum absolute atomic E-state index is 12.5. The van der Waals surface area contributed by atoms with Crippen LogP contribution < -0.4 is 5.32 Å². The first kappa shape index (κ1) is 16.9. The van der Waals surface area contributed by atoms with Crippen molar-refractivity contribution in [2.75, 3.05) is 32.1 Å². The van der Waals surface area contributed by atoms with E-state index in [2.05, 4.69) is 5.32 Å². The van der Waals surface area contributed by atoms with Crippen LogP contribution in [0.1, 0.15) is 11.3 Å². The molecule has 0 aromatic carbocycles. The van der Waals surface area contributed by atoms with Crippen LogP contribution in [0.15, 0.2) is 16.3 Å². The van der Waals surface area contributed by atoms with Crippen LogP contribution >= 0.6 is 11.3 Å². The van der Waals surface area contributed by atoms with Crippen LogP contribution in [-0.2, 0) is 26.3 Å². The van der Waals surface area contributed by atoms with Crippen LogP contribution in [-0.4, -0.2) is 59.3 Å². The maximum atomic E-state index is 12.5. The average molecular weight is 353 g/mol. The van der Waals surface area contributed by atoms with Crippen molar-refractivity contribution >= 4 is 31.2 Å². The first-order valence-corrected chi connectivity index (χ1v) is 10.8. The summed E-state index contributed by atoms with van der Waals surface area (Å²) in [6.07, 6.45) is 1.15. The smallest absolute Gasteiger partial charge is 0.252 e. The number of hydrogen-bond acceptors (Lipinski definition) is 6. The number of rotatable bonds is 6. The second kappa shape index (κ2) is 6.33. The van der Waals surface area contributed by atoms with E-state index < -0.39 is 25.9 Å². The molecule has 2 rings (SSSR count). The zero-order valence-corrected chi connectivity index (χ0v) is 14.5. The minimum absolute atomic E-state index is 0.0649. The van der Waals surface area contributed by atoms with Crippen molar-refractivity contribution in [3.63, 3.8) is 0 Å². The highest BCUT2D eigenvalue weighted by atomic mass is 32.2. The lowest BCUT2D eigenvalue weighted by Crippen LogP contribution is -2.37. The molecule has 6 nitrogen and oxygen atoms in total. The number of thiophene rings is 1. The highest BCUT2D eigenvalue weighted by Crippen LogP contribution is 2.28. The van der Waals surface area contributed by atoms with Crippen molar-refractivity contribution in [3.8, 4) is 0 Å². The zero-order chi connectivity index (χ0) is 15.7. The van der Waals surface area contributed by atoms with E-state index in [1.165, 1.54) is 22.7 Å². The summed E-state index contributed by atoms with van der Waals surface area (Å²) >= 11 is 1.25. The summed E-state index contributed by atoms with van der Waals surface area (Å²) in [5, 5.41) is 3.02. The van der Waals surface area contributed by atoms with E-state index in [9.17, 15) is 16.8 Å². The van der Waals surface area contributed by atoms with Gasteiger partial charge in [0.25, 0.3) is 10.0 Å². The fourth-order valence-electron chi connectivity index (χ4n) is 2.28. The molecule has 0 radical (unpaired) electrons. The largest absolute Gasteiger partial charge is 0.319 e. The van der Waals surface area contributed by atoms with Gasteiger partial charge in [0, 0.05) is 18.0 Å². The van der Waals surface area contributed by atoms with Crippen molar-refractivity contribution in [2.24, 2.45) is 0 Å². The molecule has 0 saturated carbocycles. The summed E-state index contributed by atoms with van der Waals surface area (Å²) in [6.45, 7) is 0.788. The van der Waals surface area contributed by atoms with Crippen LogP contribution in [0.5, 0.6) is 0 Å². The van der Waals surface area contributed by atoms with Crippen LogP contribution in [0.25, 0.3) is 0 Å². The molecule has 1 unspecified atom stereocenters. The van der Waals surface area contributed by atoms with E-state index in [0.29, 0.717) is 6.42 Å². The van der Waals surface area contributed by atoms with Crippen LogP contribution in [0.3, 0.4) is 0 Å². The van der Waals surface area contributed by atoms with E-state index in [0.717, 1.165) is 17.8 Å². The molecule has 1 N–H and O–H groups in total. The molecule has 9 heteroatoms. The Balaban J connectivity index is 2.15. The number of likely N-dealkylation sites (N-methyl/N-ethyl adjacent to an activating group) is 1. The van der Waals surface area contributed by atoms with Gasteiger partial charge >= 0.3 is 0 Å². The summed E-state index contributed by atoms with van der Waals surface area (Å²) in [5.74, 6) is -0.0178. The molecule has 21 heavy (non-hydrogen) atoms. The Labute approximate surface area is 130 Å². The fraction of sp³-hybridized carbons (Fsp3) is 0.667. The molecule has 1 aliphatic heterocycles. The van der Waals surface area contributed by atoms with Crippen molar-refractivity contribution in [2.45, 2.75) is 23.1 Å². The number of sulfone groups is 1. The first-order chi connectivity index (χ1) is 9.76. The molecule has 0 amide bonds. The molecule has 1 saturated heterocycles. The van der Waals surface area contributed by atoms with Gasteiger partial charge in [0.05, 0.1) is 11.5 Å². The topological polar surface area (TPSA) is 83.6 Å². The third-order valence-corrected chi connectivity index (χ3v) is 8.89. The van der Waals surface area contributed by atoms with Crippen LogP contribution in [0.2, 0.25) is 0 Å². The Kier molecular flexibility index (Phi) is 5.09. The summed E-state index contributed by atoms with van der Waals surface area (Å²) in [6, 6.07) is 2.96. The molecule has 0 spiro atoms. The second-order valence-electron chi connectivity index (χ2n) is 5.15. The SMILES string of the molecule is CNCCc1ccc(S(=O)(=O)N(C)C2CCS(=O)(=O)C2)s1. The standard InChI is InChI=1S/C12H20N2O4S3/c1-13-7-5-11-3-4-12(19-11)21(17,18)14(2)10-6-8-20(15,16)9-10/h3-4,10,13H,5-9H2,1-2H3. The van der Waals surface area contributed by atoms with Gasteiger partial charge in [0.1, 0.15) is 4.21 Å². The minimum Gasteiger partial charge on any atom is -0.319 e. The van der Waals surface area contributed by atoms with Gasteiger partial charge in [0.2, 0.25) is 0 Å². The van der Waals surface area contributed by atoms with Crippen molar-refractivity contribution < 1.29 is 16.8 Å². The minimum atomic E-state index is -3.61. The van der Waals surface area contributed by atoms with E-state index in [1.54, 1.807) is 6.07 Å². The molecule has 1 aromatic rings. The predicted octanol–water partition coefficient (Wildman–Crippen LogP) is 0.318. The summed E-state index contributed by atoms with van der Waals surface area (Å²) in [7, 11) is -3.40. The van der Waals surface area contributed by atoms with Gasteiger partial charge in [-0.1, -0.05) is 0 Å². The zero-order valence-electron chi connectivity index (χ0n) is 12.1. The number of sulfonamides is 1. The van der Waals surface area contributed by atoms with Gasteiger partial charge < -0.3 is 5.32 Å². The lowest BCUT2D eigenvalue weighted by Gasteiger charge is -2.21. The van der Waals surface area contributed by atoms with Gasteiger partial charge in [-0.05, 0) is 38.6 Å². The Morgan fingerprint density at radius 2 is 2.14 bits per heavy atom. The molecule has 2 heterocycles. The van der Waals surface area contributed by atoms with Gasteiger partial charge in [0.15, 0.2) is 9.84 Å². The molecule has 0 aliphatic carbocycles.